The molecule has 216 valence electrons. The maximum atomic E-state index is 13.3. The minimum absolute atomic E-state index is 0.000664. The van der Waals surface area contributed by atoms with Crippen molar-refractivity contribution >= 4 is 30.0 Å². The van der Waals surface area contributed by atoms with Crippen LogP contribution in [0.4, 0.5) is 4.79 Å². The molecule has 0 fully saturated rings. The second kappa shape index (κ2) is 16.0. The second-order valence-corrected chi connectivity index (χ2v) is 10.5. The van der Waals surface area contributed by atoms with Crippen LogP contribution in [0, 0.1) is 11.8 Å². The van der Waals surface area contributed by atoms with E-state index in [9.17, 15) is 29.1 Å². The molecule has 2 aromatic carbocycles. The Bertz CT molecular complexity index is 1130. The zero-order valence-electron chi connectivity index (χ0n) is 23.4. The van der Waals surface area contributed by atoms with Gasteiger partial charge >= 0.3 is 6.09 Å². The molecule has 2 rings (SSSR count). The molecule has 0 saturated heterocycles. The van der Waals surface area contributed by atoms with Gasteiger partial charge < -0.3 is 25.8 Å². The molecular formula is C30H39N3O7. The number of nitrogens with one attached hydrogen (secondary N) is 3. The third-order valence-corrected chi connectivity index (χ3v) is 6.02. The first-order chi connectivity index (χ1) is 19.0. The van der Waals surface area contributed by atoms with E-state index in [0.29, 0.717) is 12.0 Å². The Balaban J connectivity index is 2.12. The Hall–Kier alpha value is -4.21. The van der Waals surface area contributed by atoms with Crippen LogP contribution in [0.3, 0.4) is 0 Å². The molecule has 0 radical (unpaired) electrons. The number of Topliss-reactive ketones (excluding diaryl/α,β-unsaturated/α-hetero) is 1. The van der Waals surface area contributed by atoms with Crippen molar-refractivity contribution < 1.29 is 33.8 Å². The molecule has 0 spiro atoms. The molecule has 3 amide bonds. The fourth-order valence-electron chi connectivity index (χ4n) is 4.03. The fraction of sp³-hybridized carbons (Fsp3) is 0.433. The monoisotopic (exact) mass is 553 g/mol. The number of carbonyl (C=O) groups is 5. The van der Waals surface area contributed by atoms with Crippen molar-refractivity contribution in [2.24, 2.45) is 11.8 Å². The molecule has 3 atom stereocenters. The van der Waals surface area contributed by atoms with Gasteiger partial charge in [0.2, 0.25) is 17.6 Å². The van der Waals surface area contributed by atoms with Gasteiger partial charge in [-0.1, -0.05) is 70.2 Å². The van der Waals surface area contributed by atoms with E-state index in [2.05, 4.69) is 16.0 Å². The number of hydrogen-bond donors (Lipinski definition) is 4. The Labute approximate surface area is 234 Å². The van der Waals surface area contributed by atoms with E-state index in [0.717, 1.165) is 5.56 Å². The number of aldehydes is 1. The van der Waals surface area contributed by atoms with E-state index in [1.54, 1.807) is 12.1 Å². The van der Waals surface area contributed by atoms with E-state index in [1.807, 2.05) is 58.0 Å². The molecule has 0 aliphatic heterocycles. The van der Waals surface area contributed by atoms with Crippen LogP contribution in [0.15, 0.2) is 54.6 Å². The Morgan fingerprint density at radius 1 is 0.750 bits per heavy atom. The van der Waals surface area contributed by atoms with Crippen LogP contribution in [0.2, 0.25) is 0 Å². The number of hydrogen-bond acceptors (Lipinski definition) is 7. The van der Waals surface area contributed by atoms with Crippen LogP contribution in [0.25, 0.3) is 0 Å². The first-order valence-corrected chi connectivity index (χ1v) is 13.3. The molecule has 4 N–H and O–H groups in total. The predicted molar refractivity (Wildman–Crippen MR) is 149 cm³/mol. The van der Waals surface area contributed by atoms with E-state index in [4.69, 9.17) is 4.74 Å². The first-order valence-electron chi connectivity index (χ1n) is 13.3. The molecule has 0 aliphatic carbocycles. The molecule has 40 heavy (non-hydrogen) atoms. The molecule has 0 aromatic heterocycles. The maximum Gasteiger partial charge on any atom is 0.408 e. The highest BCUT2D eigenvalue weighted by Crippen LogP contribution is 2.13. The van der Waals surface area contributed by atoms with Gasteiger partial charge in [-0.25, -0.2) is 4.79 Å². The quantitative estimate of drug-likeness (QED) is 0.195. The Morgan fingerprint density at radius 3 is 1.80 bits per heavy atom. The van der Waals surface area contributed by atoms with Crippen LogP contribution in [-0.2, 0) is 36.9 Å². The number of ketones is 1. The third-order valence-electron chi connectivity index (χ3n) is 6.02. The maximum absolute atomic E-state index is 13.3. The first kappa shape index (κ1) is 32.0. The number of amides is 3. The average Bonchev–Trinajstić information content (AvgIpc) is 2.91. The number of alkyl carbamates (subject to hydrolysis) is 1. The van der Waals surface area contributed by atoms with E-state index >= 15 is 0 Å². The zero-order valence-corrected chi connectivity index (χ0v) is 23.4. The summed E-state index contributed by atoms with van der Waals surface area (Å²) in [4.78, 5) is 62.6. The van der Waals surface area contributed by atoms with Gasteiger partial charge in [-0.15, -0.1) is 0 Å². The summed E-state index contributed by atoms with van der Waals surface area (Å²) in [5.74, 6) is -1.93. The largest absolute Gasteiger partial charge is 0.508 e. The minimum atomic E-state index is -1.15. The van der Waals surface area contributed by atoms with Crippen molar-refractivity contribution in [3.05, 3.63) is 65.7 Å². The molecule has 0 bridgehead atoms. The van der Waals surface area contributed by atoms with Crippen molar-refractivity contribution in [2.75, 3.05) is 0 Å². The molecular weight excluding hydrogens is 514 g/mol. The van der Waals surface area contributed by atoms with Crippen molar-refractivity contribution in [1.82, 2.24) is 16.0 Å². The highest BCUT2D eigenvalue weighted by Gasteiger charge is 2.30. The van der Waals surface area contributed by atoms with Crippen LogP contribution < -0.4 is 16.0 Å². The van der Waals surface area contributed by atoms with Crippen LogP contribution in [0.5, 0.6) is 5.75 Å². The summed E-state index contributed by atoms with van der Waals surface area (Å²) >= 11 is 0. The number of rotatable bonds is 15. The topological polar surface area (TPSA) is 151 Å². The normalized spacial score (nSPS) is 13.2. The van der Waals surface area contributed by atoms with Gasteiger partial charge in [0.15, 0.2) is 6.29 Å². The summed E-state index contributed by atoms with van der Waals surface area (Å²) in [6.07, 6.45) is -0.0388. The number of aromatic hydroxyl groups is 1. The number of carbonyl (C=O) groups excluding carboxylic acids is 5. The molecule has 0 saturated carbocycles. The number of ether oxygens (including phenoxy) is 1. The van der Waals surface area contributed by atoms with Crippen LogP contribution in [0.1, 0.15) is 51.7 Å². The fourth-order valence-corrected chi connectivity index (χ4v) is 4.03. The second-order valence-electron chi connectivity index (χ2n) is 10.5. The van der Waals surface area contributed by atoms with E-state index in [-0.39, 0.29) is 43.3 Å². The molecule has 0 aliphatic rings. The van der Waals surface area contributed by atoms with Crippen LogP contribution in [-0.4, -0.2) is 53.2 Å². The van der Waals surface area contributed by atoms with Gasteiger partial charge in [0.25, 0.3) is 0 Å². The van der Waals surface area contributed by atoms with Gasteiger partial charge in [0, 0.05) is 6.42 Å². The standard InChI is InChI=1S/C30H39N3O7/c1-19(2)14-25(28(37)31-24(27(36)17-34)16-21-10-12-23(35)13-11-21)32-29(38)26(15-20(3)4)33-30(39)40-18-22-8-6-5-7-9-22/h5-13,17,19-20,24-26,35H,14-16,18H2,1-4H3,(H,31,37)(H,32,38)(H,33,39)/t24?,25?,26-/m0/s1. The molecule has 0 heterocycles. The van der Waals surface area contributed by atoms with Gasteiger partial charge in [-0.2, -0.15) is 0 Å². The summed E-state index contributed by atoms with van der Waals surface area (Å²) in [7, 11) is 0. The summed E-state index contributed by atoms with van der Waals surface area (Å²) in [6, 6.07) is 12.0. The van der Waals surface area contributed by atoms with Gasteiger partial charge in [0.05, 0.1) is 6.04 Å². The van der Waals surface area contributed by atoms with E-state index in [1.165, 1.54) is 12.1 Å². The lowest BCUT2D eigenvalue weighted by Gasteiger charge is -2.26. The lowest BCUT2D eigenvalue weighted by molar-refractivity contribution is -0.135. The zero-order chi connectivity index (χ0) is 29.7. The smallest absolute Gasteiger partial charge is 0.408 e. The van der Waals surface area contributed by atoms with Crippen LogP contribution >= 0.6 is 0 Å². The highest BCUT2D eigenvalue weighted by molar-refractivity contribution is 6.28. The summed E-state index contributed by atoms with van der Waals surface area (Å²) in [5.41, 5.74) is 1.42. The van der Waals surface area contributed by atoms with Crippen molar-refractivity contribution in [3.63, 3.8) is 0 Å². The van der Waals surface area contributed by atoms with Gasteiger partial charge in [-0.3, -0.25) is 19.2 Å². The lowest BCUT2D eigenvalue weighted by atomic mass is 9.98. The van der Waals surface area contributed by atoms with Crippen molar-refractivity contribution in [3.8, 4) is 5.75 Å². The Kier molecular flexibility index (Phi) is 12.8. The third kappa shape index (κ3) is 11.3. The Morgan fingerprint density at radius 2 is 1.27 bits per heavy atom. The average molecular weight is 554 g/mol. The summed E-state index contributed by atoms with van der Waals surface area (Å²) in [5, 5.41) is 17.4. The molecule has 10 nitrogen and oxygen atoms in total. The van der Waals surface area contributed by atoms with Gasteiger partial charge in [0.1, 0.15) is 24.4 Å². The van der Waals surface area contributed by atoms with Crippen molar-refractivity contribution in [2.45, 2.75) is 71.7 Å². The van der Waals surface area contributed by atoms with Gasteiger partial charge in [-0.05, 0) is 47.9 Å². The van der Waals surface area contributed by atoms with E-state index < -0.39 is 41.8 Å². The molecule has 2 unspecified atom stereocenters. The predicted octanol–water partition coefficient (Wildman–Crippen LogP) is 3.06. The summed E-state index contributed by atoms with van der Waals surface area (Å²) < 4.78 is 5.27. The molecule has 10 heteroatoms. The highest BCUT2D eigenvalue weighted by atomic mass is 16.5. The minimum Gasteiger partial charge on any atom is -0.508 e. The SMILES string of the molecule is CC(C)CC(NC(=O)[C@H](CC(C)C)NC(=O)OCc1ccccc1)C(=O)NC(Cc1ccc(O)cc1)C(=O)C=O. The number of phenols is 1. The van der Waals surface area contributed by atoms with Crippen molar-refractivity contribution in [1.29, 1.82) is 0 Å². The number of phenolic OH excluding ortho intramolecular Hbond substituents is 1. The molecule has 2 aromatic rings. The lowest BCUT2D eigenvalue weighted by Crippen LogP contribution is -2.56. The summed E-state index contributed by atoms with van der Waals surface area (Å²) in [6.45, 7) is 7.58. The number of benzene rings is 2.